The molecule has 0 spiro atoms. The highest BCUT2D eigenvalue weighted by Crippen LogP contribution is 2.33. The topological polar surface area (TPSA) is 128 Å². The number of ketones is 1. The van der Waals surface area contributed by atoms with Crippen molar-refractivity contribution in [3.63, 3.8) is 0 Å². The maximum atomic E-state index is 13.5. The summed E-state index contributed by atoms with van der Waals surface area (Å²) in [5.74, 6) is -0.423. The molecule has 41 heavy (non-hydrogen) atoms. The number of alkyl carbamates (subject to hydrolysis) is 1. The molecule has 222 valence electrons. The third-order valence-corrected chi connectivity index (χ3v) is 6.89. The number of amides is 1. The van der Waals surface area contributed by atoms with E-state index in [1.54, 1.807) is 32.1 Å². The Morgan fingerprint density at radius 2 is 1.95 bits per heavy atom. The molecule has 2 heterocycles. The first-order chi connectivity index (χ1) is 19.3. The molecule has 0 aliphatic carbocycles. The number of unbranched alkanes of at least 4 members (excludes halogenated alkanes) is 1. The molecule has 2 aromatic heterocycles. The summed E-state index contributed by atoms with van der Waals surface area (Å²) in [6.45, 7) is 9.03. The Morgan fingerprint density at radius 1 is 1.24 bits per heavy atom. The van der Waals surface area contributed by atoms with Crippen LogP contribution in [0.2, 0.25) is 5.15 Å². The number of benzene rings is 1. The Morgan fingerprint density at radius 3 is 2.51 bits per heavy atom. The van der Waals surface area contributed by atoms with Crippen LogP contribution in [0.15, 0.2) is 45.8 Å². The van der Waals surface area contributed by atoms with E-state index in [4.69, 9.17) is 20.8 Å². The minimum atomic E-state index is -0.818. The molecule has 0 saturated carbocycles. The van der Waals surface area contributed by atoms with Crippen LogP contribution in [-0.4, -0.2) is 29.1 Å². The first kappa shape index (κ1) is 33.5. The van der Waals surface area contributed by atoms with Gasteiger partial charge in [0.15, 0.2) is 5.78 Å². The quantitative estimate of drug-likeness (QED) is 0.178. The van der Waals surface area contributed by atoms with Gasteiger partial charge in [0.05, 0.1) is 7.11 Å². The molecule has 0 radical (unpaired) electrons. The zero-order valence-corrected chi connectivity index (χ0v) is 25.3. The van der Waals surface area contributed by atoms with Gasteiger partial charge in [-0.1, -0.05) is 56.7 Å². The number of carbonyl (C=O) groups excluding carboxylic acids is 2. The van der Waals surface area contributed by atoms with E-state index in [9.17, 15) is 23.9 Å². The van der Waals surface area contributed by atoms with E-state index in [-0.39, 0.29) is 23.0 Å². The van der Waals surface area contributed by atoms with E-state index in [1.165, 1.54) is 36.8 Å². The second-order valence-electron chi connectivity index (χ2n) is 9.48. The van der Waals surface area contributed by atoms with E-state index in [0.717, 1.165) is 4.88 Å². The molecule has 9 nitrogen and oxygen atoms in total. The van der Waals surface area contributed by atoms with E-state index >= 15 is 0 Å². The van der Waals surface area contributed by atoms with Gasteiger partial charge in [0.25, 0.3) is 5.19 Å². The molecule has 0 bridgehead atoms. The van der Waals surface area contributed by atoms with Crippen LogP contribution in [0.25, 0.3) is 0 Å². The number of allylic oxidation sites excluding steroid dienone is 1. The van der Waals surface area contributed by atoms with Crippen molar-refractivity contribution in [2.75, 3.05) is 7.11 Å². The monoisotopic (exact) mass is 608 g/mol. The van der Waals surface area contributed by atoms with Crippen LogP contribution in [0.5, 0.6) is 16.7 Å². The van der Waals surface area contributed by atoms with Gasteiger partial charge in [-0.05, 0) is 49.4 Å². The van der Waals surface area contributed by atoms with Crippen molar-refractivity contribution in [1.29, 1.82) is 0 Å². The molecule has 0 unspecified atom stereocenters. The molecule has 1 aromatic carbocycles. The lowest BCUT2D eigenvalue weighted by Gasteiger charge is -2.09. The molecule has 0 fully saturated rings. The lowest BCUT2D eigenvalue weighted by Crippen LogP contribution is -2.19. The Balaban J connectivity index is 0.000000295. The minimum absolute atomic E-state index is 0.107. The second kappa shape index (κ2) is 15.9. The maximum absolute atomic E-state index is 13.5. The maximum Gasteiger partial charge on any atom is 0.410 e. The zero-order valence-electron chi connectivity index (χ0n) is 23.7. The van der Waals surface area contributed by atoms with E-state index in [2.05, 4.69) is 15.0 Å². The number of methoxy groups -OCH3 is 1. The van der Waals surface area contributed by atoms with Gasteiger partial charge in [-0.25, -0.2) is 14.0 Å². The van der Waals surface area contributed by atoms with Crippen molar-refractivity contribution in [1.82, 2.24) is 10.3 Å². The van der Waals surface area contributed by atoms with Gasteiger partial charge < -0.3 is 19.0 Å². The number of hydrogen-bond acceptors (Lipinski definition) is 9. The Labute approximate surface area is 247 Å². The molecule has 2 N–H and O–H groups in total. The Bertz CT molecular complexity index is 1410. The number of rotatable bonds is 10. The van der Waals surface area contributed by atoms with Crippen LogP contribution in [0.1, 0.15) is 73.0 Å². The number of thiazole rings is 1. The van der Waals surface area contributed by atoms with Gasteiger partial charge >= 0.3 is 11.7 Å². The van der Waals surface area contributed by atoms with Crippen LogP contribution >= 0.6 is 22.9 Å². The summed E-state index contributed by atoms with van der Waals surface area (Å²) in [7, 11) is 1.27. The molecule has 3 rings (SSSR count). The summed E-state index contributed by atoms with van der Waals surface area (Å²) in [6, 6.07) is 6.00. The van der Waals surface area contributed by atoms with Gasteiger partial charge in [0.2, 0.25) is 0 Å². The van der Waals surface area contributed by atoms with Crippen molar-refractivity contribution in [2.45, 2.75) is 59.8 Å². The van der Waals surface area contributed by atoms with Gasteiger partial charge in [-0.15, -0.1) is 0 Å². The number of halogens is 2. The van der Waals surface area contributed by atoms with Gasteiger partial charge in [-0.2, -0.15) is 4.98 Å². The number of aromatic hydroxyl groups is 1. The summed E-state index contributed by atoms with van der Waals surface area (Å²) in [5.41, 5.74) is -0.487. The fourth-order valence-corrected chi connectivity index (χ4v) is 4.27. The number of ether oxygens (including phenoxy) is 2. The molecule has 0 atom stereocenters. The number of aromatic nitrogens is 1. The summed E-state index contributed by atoms with van der Waals surface area (Å²) in [6.07, 6.45) is 4.32. The van der Waals surface area contributed by atoms with Crippen LogP contribution < -0.4 is 15.7 Å². The van der Waals surface area contributed by atoms with Gasteiger partial charge in [-0.3, -0.25) is 10.1 Å². The number of aryl methyl sites for hydroxylation is 2. The second-order valence-corrected chi connectivity index (χ2v) is 11.0. The van der Waals surface area contributed by atoms with Crippen LogP contribution in [0.4, 0.5) is 9.18 Å². The number of hydrogen-bond donors (Lipinski definition) is 2. The molecule has 1 amide bonds. The first-order valence-corrected chi connectivity index (χ1v) is 14.0. The summed E-state index contributed by atoms with van der Waals surface area (Å²) in [5, 5.41) is 13.2. The predicted molar refractivity (Wildman–Crippen MR) is 156 cm³/mol. The molecule has 0 saturated heterocycles. The normalized spacial score (nSPS) is 11.0. The van der Waals surface area contributed by atoms with Crippen molar-refractivity contribution in [3.8, 4) is 16.7 Å². The molecular weight excluding hydrogens is 575 g/mol. The lowest BCUT2D eigenvalue weighted by atomic mass is 10.0. The Kier molecular flexibility index (Phi) is 13.0. The van der Waals surface area contributed by atoms with Crippen molar-refractivity contribution in [3.05, 3.63) is 79.7 Å². The van der Waals surface area contributed by atoms with Gasteiger partial charge in [0.1, 0.15) is 33.8 Å². The van der Waals surface area contributed by atoms with E-state index < -0.39 is 23.4 Å². The molecule has 3 aromatic rings. The highest BCUT2D eigenvalue weighted by Gasteiger charge is 2.21. The minimum Gasteiger partial charge on any atom is -0.507 e. The molecule has 12 heteroatoms. The fraction of sp³-hybridized carbons (Fsp3) is 0.379. The average Bonchev–Trinajstić information content (AvgIpc) is 3.22. The van der Waals surface area contributed by atoms with Crippen molar-refractivity contribution < 1.29 is 33.0 Å². The van der Waals surface area contributed by atoms with Gasteiger partial charge in [0, 0.05) is 29.5 Å². The summed E-state index contributed by atoms with van der Waals surface area (Å²) in [4.78, 5) is 39.4. The molecular formula is C29H34ClFN2O7S. The molecule has 0 aliphatic heterocycles. The SMILES string of the molecule is COC(=O)N/C=C/CCCc1cc(O)c(C(=O)C(C)C)c(=O)o1.Cc1sc(Oc2ccc(F)c(C(C)C)c2)nc1Cl. The first-order valence-electron chi connectivity index (χ1n) is 12.8. The average molecular weight is 609 g/mol. The van der Waals surface area contributed by atoms with Crippen LogP contribution in [-0.2, 0) is 11.2 Å². The van der Waals surface area contributed by atoms with Crippen molar-refractivity contribution in [2.24, 2.45) is 5.92 Å². The Hall–Kier alpha value is -3.70. The van der Waals surface area contributed by atoms with Crippen molar-refractivity contribution >= 4 is 34.8 Å². The zero-order chi connectivity index (χ0) is 30.7. The number of nitrogens with zero attached hydrogens (tertiary/aromatic N) is 1. The highest BCUT2D eigenvalue weighted by molar-refractivity contribution is 7.13. The predicted octanol–water partition coefficient (Wildman–Crippen LogP) is 7.54. The standard InChI is InChI=1S/C16H21NO6.C13H13ClFNOS/c1-10(2)14(19)13-12(18)9-11(23-15(13)20)7-5-4-6-8-17-16(21)22-3;1-7(2)10-6-9(4-5-11(10)15)17-13-16-12(14)8(3)18-13/h6,8-10,18H,4-5,7H2,1-3H3,(H,17,21);4-7H,1-3H3/b8-6+;. The lowest BCUT2D eigenvalue weighted by molar-refractivity contribution is 0.0931. The number of Topliss-reactive ketones (excluding diaryl/α,β-unsaturated/α-hetero) is 1. The summed E-state index contributed by atoms with van der Waals surface area (Å²) < 4.78 is 28.6. The number of nitrogens with one attached hydrogen (secondary N) is 1. The fourth-order valence-electron chi connectivity index (χ4n) is 3.36. The number of carbonyl (C=O) groups is 2. The van der Waals surface area contributed by atoms with E-state index in [0.29, 0.717) is 46.7 Å². The summed E-state index contributed by atoms with van der Waals surface area (Å²) >= 11 is 7.23. The third-order valence-electron chi connectivity index (χ3n) is 5.57. The van der Waals surface area contributed by atoms with E-state index in [1.807, 2.05) is 20.8 Å². The van der Waals surface area contributed by atoms with Crippen LogP contribution in [0, 0.1) is 18.7 Å². The smallest absolute Gasteiger partial charge is 0.410 e. The third kappa shape index (κ3) is 10.3. The molecule has 0 aliphatic rings. The largest absolute Gasteiger partial charge is 0.507 e. The van der Waals surface area contributed by atoms with Crippen LogP contribution in [0.3, 0.4) is 0 Å². The highest BCUT2D eigenvalue weighted by atomic mass is 35.5.